The van der Waals surface area contributed by atoms with Gasteiger partial charge in [0.15, 0.2) is 0 Å². The molecule has 0 spiro atoms. The van der Waals surface area contributed by atoms with Gasteiger partial charge in [-0.3, -0.25) is 4.79 Å². The molecule has 1 atom stereocenters. The zero-order valence-corrected chi connectivity index (χ0v) is 16.8. The third kappa shape index (κ3) is 5.09. The predicted octanol–water partition coefficient (Wildman–Crippen LogP) is 3.83. The standard InChI is InChI=1S/C20H23ClN2O3S/c1-15-6-2-3-10-19(15)22-20(24)17-8-5-11-23(13-17)27(25,26)14-16-7-4-9-18(21)12-16/h2-4,6-7,9-10,12,17H,5,8,11,13-14H2,1H3,(H,22,24)/t17-/m0/s1. The summed E-state index contributed by atoms with van der Waals surface area (Å²) in [5.74, 6) is -0.598. The summed E-state index contributed by atoms with van der Waals surface area (Å²) in [6, 6.07) is 14.4. The summed E-state index contributed by atoms with van der Waals surface area (Å²) in [6.45, 7) is 2.58. The van der Waals surface area contributed by atoms with Gasteiger partial charge in [-0.15, -0.1) is 0 Å². The minimum atomic E-state index is -3.51. The van der Waals surface area contributed by atoms with E-state index in [9.17, 15) is 13.2 Å². The molecule has 1 N–H and O–H groups in total. The largest absolute Gasteiger partial charge is 0.326 e. The van der Waals surface area contributed by atoms with Crippen LogP contribution in [0.3, 0.4) is 0 Å². The Bertz CT molecular complexity index is 930. The molecule has 0 unspecified atom stereocenters. The van der Waals surface area contributed by atoms with Gasteiger partial charge in [0.05, 0.1) is 11.7 Å². The first-order valence-electron chi connectivity index (χ1n) is 8.94. The number of hydrogen-bond acceptors (Lipinski definition) is 3. The number of piperidine rings is 1. The van der Waals surface area contributed by atoms with E-state index in [4.69, 9.17) is 11.6 Å². The Hall–Kier alpha value is -1.89. The molecule has 0 radical (unpaired) electrons. The molecule has 0 aliphatic carbocycles. The zero-order chi connectivity index (χ0) is 19.4. The number of halogens is 1. The second-order valence-corrected chi connectivity index (χ2v) is 9.29. The molecular formula is C20H23ClN2O3S. The lowest BCUT2D eigenvalue weighted by molar-refractivity contribution is -0.120. The van der Waals surface area contributed by atoms with Crippen molar-refractivity contribution in [3.63, 3.8) is 0 Å². The van der Waals surface area contributed by atoms with Gasteiger partial charge in [-0.2, -0.15) is 0 Å². The van der Waals surface area contributed by atoms with E-state index in [2.05, 4.69) is 5.32 Å². The molecule has 144 valence electrons. The second-order valence-electron chi connectivity index (χ2n) is 6.89. The molecule has 0 saturated carbocycles. The maximum absolute atomic E-state index is 12.8. The third-order valence-corrected chi connectivity index (χ3v) is 6.84. The summed E-state index contributed by atoms with van der Waals surface area (Å²) in [5.41, 5.74) is 2.39. The number of sulfonamides is 1. The highest BCUT2D eigenvalue weighted by molar-refractivity contribution is 7.88. The summed E-state index contributed by atoms with van der Waals surface area (Å²) in [4.78, 5) is 12.6. The summed E-state index contributed by atoms with van der Waals surface area (Å²) in [7, 11) is -3.51. The number of anilines is 1. The number of carbonyl (C=O) groups is 1. The molecule has 27 heavy (non-hydrogen) atoms. The van der Waals surface area contributed by atoms with Gasteiger partial charge in [0.1, 0.15) is 0 Å². The number of rotatable bonds is 5. The highest BCUT2D eigenvalue weighted by Gasteiger charge is 2.32. The van der Waals surface area contributed by atoms with E-state index in [1.165, 1.54) is 4.31 Å². The van der Waals surface area contributed by atoms with Crippen LogP contribution in [0.25, 0.3) is 0 Å². The van der Waals surface area contributed by atoms with Crippen LogP contribution < -0.4 is 5.32 Å². The molecule has 0 aromatic heterocycles. The number of nitrogens with zero attached hydrogens (tertiary/aromatic N) is 1. The van der Waals surface area contributed by atoms with E-state index in [1.807, 2.05) is 31.2 Å². The van der Waals surface area contributed by atoms with Crippen LogP contribution in [-0.4, -0.2) is 31.7 Å². The van der Waals surface area contributed by atoms with E-state index in [0.717, 1.165) is 11.3 Å². The van der Waals surface area contributed by atoms with Crippen molar-refractivity contribution in [1.29, 1.82) is 0 Å². The molecule has 0 bridgehead atoms. The van der Waals surface area contributed by atoms with Crippen molar-refractivity contribution < 1.29 is 13.2 Å². The maximum Gasteiger partial charge on any atom is 0.228 e. The van der Waals surface area contributed by atoms with Crippen LogP contribution in [0.5, 0.6) is 0 Å². The Morgan fingerprint density at radius 2 is 2.00 bits per heavy atom. The minimum absolute atomic E-state index is 0.111. The molecule has 1 aliphatic heterocycles. The van der Waals surface area contributed by atoms with Crippen molar-refractivity contribution in [2.24, 2.45) is 5.92 Å². The predicted molar refractivity (Wildman–Crippen MR) is 108 cm³/mol. The van der Waals surface area contributed by atoms with Crippen LogP contribution in [0.2, 0.25) is 5.02 Å². The number of para-hydroxylation sites is 1. The maximum atomic E-state index is 12.8. The van der Waals surface area contributed by atoms with E-state index in [-0.39, 0.29) is 24.1 Å². The van der Waals surface area contributed by atoms with Crippen LogP contribution in [-0.2, 0) is 20.6 Å². The van der Waals surface area contributed by atoms with Gasteiger partial charge in [-0.05, 0) is 49.1 Å². The third-order valence-electron chi connectivity index (χ3n) is 4.79. The average Bonchev–Trinajstić information content (AvgIpc) is 2.63. The van der Waals surface area contributed by atoms with Gasteiger partial charge in [-0.1, -0.05) is 41.9 Å². The van der Waals surface area contributed by atoms with Gasteiger partial charge in [-0.25, -0.2) is 12.7 Å². The van der Waals surface area contributed by atoms with E-state index >= 15 is 0 Å². The lowest BCUT2D eigenvalue weighted by Gasteiger charge is -2.31. The molecular weight excluding hydrogens is 384 g/mol. The van der Waals surface area contributed by atoms with Crippen molar-refractivity contribution in [3.05, 3.63) is 64.7 Å². The fourth-order valence-corrected chi connectivity index (χ4v) is 5.10. The van der Waals surface area contributed by atoms with Crippen LogP contribution in [0.15, 0.2) is 48.5 Å². The summed E-state index contributed by atoms with van der Waals surface area (Å²) in [5, 5.41) is 3.44. The summed E-state index contributed by atoms with van der Waals surface area (Å²) < 4.78 is 27.0. The Morgan fingerprint density at radius 3 is 2.74 bits per heavy atom. The lowest BCUT2D eigenvalue weighted by Crippen LogP contribution is -2.44. The molecule has 1 amide bonds. The highest BCUT2D eigenvalue weighted by atomic mass is 35.5. The first kappa shape index (κ1) is 19.9. The lowest BCUT2D eigenvalue weighted by atomic mass is 9.98. The Morgan fingerprint density at radius 1 is 1.22 bits per heavy atom. The van der Waals surface area contributed by atoms with Crippen molar-refractivity contribution in [1.82, 2.24) is 4.31 Å². The van der Waals surface area contributed by atoms with Gasteiger partial charge in [0.25, 0.3) is 0 Å². The van der Waals surface area contributed by atoms with Crippen molar-refractivity contribution in [2.75, 3.05) is 18.4 Å². The van der Waals surface area contributed by atoms with Crippen LogP contribution in [0.4, 0.5) is 5.69 Å². The van der Waals surface area contributed by atoms with Gasteiger partial charge in [0.2, 0.25) is 15.9 Å². The fraction of sp³-hybridized carbons (Fsp3) is 0.350. The highest BCUT2D eigenvalue weighted by Crippen LogP contribution is 2.24. The van der Waals surface area contributed by atoms with Gasteiger partial charge < -0.3 is 5.32 Å². The zero-order valence-electron chi connectivity index (χ0n) is 15.2. The number of benzene rings is 2. The molecule has 1 heterocycles. The number of nitrogens with one attached hydrogen (secondary N) is 1. The van der Waals surface area contributed by atoms with Crippen molar-refractivity contribution >= 4 is 33.2 Å². The van der Waals surface area contributed by atoms with E-state index in [1.54, 1.807) is 24.3 Å². The fourth-order valence-electron chi connectivity index (χ4n) is 3.29. The Kier molecular flexibility index (Phi) is 6.19. The molecule has 1 saturated heterocycles. The van der Waals surface area contributed by atoms with Gasteiger partial charge >= 0.3 is 0 Å². The molecule has 1 fully saturated rings. The summed E-state index contributed by atoms with van der Waals surface area (Å²) >= 11 is 5.95. The van der Waals surface area contributed by atoms with Crippen LogP contribution in [0.1, 0.15) is 24.0 Å². The molecule has 2 aromatic carbocycles. The normalized spacial score (nSPS) is 18.2. The first-order valence-corrected chi connectivity index (χ1v) is 10.9. The Balaban J connectivity index is 1.67. The SMILES string of the molecule is Cc1ccccc1NC(=O)[C@H]1CCCN(S(=O)(=O)Cc2cccc(Cl)c2)C1. The smallest absolute Gasteiger partial charge is 0.228 e. The first-order chi connectivity index (χ1) is 12.8. The Labute approximate surface area is 165 Å². The number of hydrogen-bond donors (Lipinski definition) is 1. The van der Waals surface area contributed by atoms with E-state index in [0.29, 0.717) is 30.0 Å². The molecule has 5 nitrogen and oxygen atoms in total. The van der Waals surface area contributed by atoms with Gasteiger partial charge in [0, 0.05) is 23.8 Å². The quantitative estimate of drug-likeness (QED) is 0.820. The summed E-state index contributed by atoms with van der Waals surface area (Å²) in [6.07, 6.45) is 1.35. The average molecular weight is 407 g/mol. The molecule has 3 rings (SSSR count). The molecule has 7 heteroatoms. The van der Waals surface area contributed by atoms with Crippen molar-refractivity contribution in [2.45, 2.75) is 25.5 Å². The minimum Gasteiger partial charge on any atom is -0.326 e. The number of amides is 1. The topological polar surface area (TPSA) is 66.5 Å². The van der Waals surface area contributed by atoms with E-state index < -0.39 is 10.0 Å². The number of carbonyl (C=O) groups excluding carboxylic acids is 1. The number of aryl methyl sites for hydroxylation is 1. The molecule has 2 aromatic rings. The van der Waals surface area contributed by atoms with Crippen LogP contribution >= 0.6 is 11.6 Å². The van der Waals surface area contributed by atoms with Crippen LogP contribution in [0, 0.1) is 12.8 Å². The monoisotopic (exact) mass is 406 g/mol. The van der Waals surface area contributed by atoms with Crippen molar-refractivity contribution in [3.8, 4) is 0 Å². The second kappa shape index (κ2) is 8.42. The molecule has 1 aliphatic rings.